The molecule has 3 amide bonds. The van der Waals surface area contributed by atoms with Gasteiger partial charge in [0.2, 0.25) is 11.8 Å². The van der Waals surface area contributed by atoms with E-state index in [1.54, 1.807) is 42.5 Å². The Balaban J connectivity index is 1.95. The Morgan fingerprint density at radius 2 is 1.52 bits per heavy atom. The van der Waals surface area contributed by atoms with Crippen molar-refractivity contribution in [3.63, 3.8) is 0 Å². The van der Waals surface area contributed by atoms with Gasteiger partial charge in [-0.25, -0.2) is 0 Å². The van der Waals surface area contributed by atoms with Gasteiger partial charge in [0.1, 0.15) is 0 Å². The smallest absolute Gasteiger partial charge is 0.251 e. The number of amides is 3. The lowest BCUT2D eigenvalue weighted by atomic mass is 10.1. The molecule has 5 N–H and O–H groups in total. The highest BCUT2D eigenvalue weighted by molar-refractivity contribution is 5.98. The third kappa shape index (κ3) is 6.47. The van der Waals surface area contributed by atoms with Crippen molar-refractivity contribution in [2.45, 2.75) is 26.3 Å². The molecule has 7 heteroatoms. The van der Waals surface area contributed by atoms with Gasteiger partial charge < -0.3 is 21.7 Å². The number of carbonyl (C=O) groups is 3. The zero-order valence-corrected chi connectivity index (χ0v) is 15.6. The van der Waals surface area contributed by atoms with Crippen molar-refractivity contribution in [2.75, 3.05) is 17.2 Å². The summed E-state index contributed by atoms with van der Waals surface area (Å²) in [6.45, 7) is 5.73. The van der Waals surface area contributed by atoms with Gasteiger partial charge in [0.05, 0.1) is 6.54 Å². The summed E-state index contributed by atoms with van der Waals surface area (Å²) in [4.78, 5) is 35.5. The van der Waals surface area contributed by atoms with Crippen LogP contribution in [0.1, 0.15) is 41.5 Å². The lowest BCUT2D eigenvalue weighted by Crippen LogP contribution is -2.40. The van der Waals surface area contributed by atoms with Crippen LogP contribution in [-0.2, 0) is 4.79 Å². The molecule has 0 aliphatic heterocycles. The molecule has 27 heavy (non-hydrogen) atoms. The highest BCUT2D eigenvalue weighted by Crippen LogP contribution is 2.13. The van der Waals surface area contributed by atoms with Crippen LogP contribution in [0.15, 0.2) is 48.5 Å². The minimum Gasteiger partial charge on any atom is -0.376 e. The largest absolute Gasteiger partial charge is 0.376 e. The maximum Gasteiger partial charge on any atom is 0.251 e. The second-order valence-corrected chi connectivity index (χ2v) is 7.13. The topological polar surface area (TPSA) is 113 Å². The number of carbonyl (C=O) groups excluding carboxylic acids is 3. The molecular formula is C20H24N4O3. The average Bonchev–Trinajstić information content (AvgIpc) is 2.59. The first-order chi connectivity index (χ1) is 12.6. The molecule has 0 saturated heterocycles. The molecule has 0 radical (unpaired) electrons. The Morgan fingerprint density at radius 3 is 2.15 bits per heavy atom. The zero-order valence-electron chi connectivity index (χ0n) is 15.6. The van der Waals surface area contributed by atoms with Crippen LogP contribution < -0.4 is 21.7 Å². The van der Waals surface area contributed by atoms with Gasteiger partial charge in [-0.3, -0.25) is 14.4 Å². The van der Waals surface area contributed by atoms with E-state index in [9.17, 15) is 14.4 Å². The van der Waals surface area contributed by atoms with Gasteiger partial charge >= 0.3 is 0 Å². The Kier molecular flexibility index (Phi) is 6.18. The Labute approximate surface area is 158 Å². The van der Waals surface area contributed by atoms with Gasteiger partial charge in [-0.05, 0) is 57.2 Å². The quantitative estimate of drug-likeness (QED) is 0.627. The van der Waals surface area contributed by atoms with Crippen molar-refractivity contribution in [1.82, 2.24) is 5.32 Å². The van der Waals surface area contributed by atoms with Crippen molar-refractivity contribution < 1.29 is 14.4 Å². The van der Waals surface area contributed by atoms with E-state index in [1.165, 1.54) is 6.07 Å². The third-order valence-corrected chi connectivity index (χ3v) is 3.50. The molecule has 7 nitrogen and oxygen atoms in total. The summed E-state index contributed by atoms with van der Waals surface area (Å²) in [6, 6.07) is 13.3. The standard InChI is InChI=1S/C20H24N4O3/c1-20(2,3)24-19(27)14-7-5-8-15(11-14)22-12-17(25)23-16-9-4-6-13(10-16)18(21)26/h4-11,22H,12H2,1-3H3,(H2,21,26)(H,23,25)(H,24,27). The van der Waals surface area contributed by atoms with E-state index in [4.69, 9.17) is 5.73 Å². The third-order valence-electron chi connectivity index (χ3n) is 3.50. The van der Waals surface area contributed by atoms with Crippen molar-refractivity contribution in [3.8, 4) is 0 Å². The first-order valence-corrected chi connectivity index (χ1v) is 8.50. The molecule has 0 fully saturated rings. The molecule has 2 aromatic rings. The molecule has 0 atom stereocenters. The predicted octanol–water partition coefficient (Wildman–Crippen LogP) is 2.36. The number of primary amides is 1. The van der Waals surface area contributed by atoms with Crippen LogP contribution in [0.5, 0.6) is 0 Å². The fraction of sp³-hybridized carbons (Fsp3) is 0.250. The average molecular weight is 368 g/mol. The molecule has 0 unspecified atom stereocenters. The van der Waals surface area contributed by atoms with E-state index in [0.29, 0.717) is 22.5 Å². The van der Waals surface area contributed by atoms with E-state index in [2.05, 4.69) is 16.0 Å². The summed E-state index contributed by atoms with van der Waals surface area (Å²) in [5.74, 6) is -1.03. The first kappa shape index (κ1) is 20.0. The molecule has 0 saturated carbocycles. The van der Waals surface area contributed by atoms with Gasteiger partial charge in [-0.1, -0.05) is 12.1 Å². The normalized spacial score (nSPS) is 10.8. The van der Waals surface area contributed by atoms with E-state index in [1.807, 2.05) is 20.8 Å². The molecule has 0 spiro atoms. The molecule has 142 valence electrons. The number of anilines is 2. The second kappa shape index (κ2) is 8.35. The second-order valence-electron chi connectivity index (χ2n) is 7.13. The summed E-state index contributed by atoms with van der Waals surface area (Å²) in [5.41, 5.74) is 6.85. The van der Waals surface area contributed by atoms with Gasteiger partial charge in [-0.15, -0.1) is 0 Å². The number of hydrogen-bond acceptors (Lipinski definition) is 4. The van der Waals surface area contributed by atoms with Crippen LogP contribution in [0.4, 0.5) is 11.4 Å². The molecular weight excluding hydrogens is 344 g/mol. The van der Waals surface area contributed by atoms with Crippen LogP contribution in [0, 0.1) is 0 Å². The minimum absolute atomic E-state index is 0.00510. The van der Waals surface area contributed by atoms with E-state index in [0.717, 1.165) is 0 Å². The highest BCUT2D eigenvalue weighted by atomic mass is 16.2. The zero-order chi connectivity index (χ0) is 20.0. The van der Waals surface area contributed by atoms with Gasteiger partial charge in [0.25, 0.3) is 5.91 Å². The summed E-state index contributed by atoms with van der Waals surface area (Å²) in [7, 11) is 0. The molecule has 0 heterocycles. The monoisotopic (exact) mass is 368 g/mol. The summed E-state index contributed by atoms with van der Waals surface area (Å²) in [6.07, 6.45) is 0. The molecule has 2 aromatic carbocycles. The van der Waals surface area contributed by atoms with E-state index < -0.39 is 5.91 Å². The molecule has 0 aliphatic rings. The van der Waals surface area contributed by atoms with Crippen molar-refractivity contribution in [2.24, 2.45) is 5.73 Å². The van der Waals surface area contributed by atoms with Gasteiger partial charge in [0.15, 0.2) is 0 Å². The first-order valence-electron chi connectivity index (χ1n) is 8.50. The fourth-order valence-electron chi connectivity index (χ4n) is 2.32. The molecule has 0 aliphatic carbocycles. The fourth-order valence-corrected chi connectivity index (χ4v) is 2.32. The van der Waals surface area contributed by atoms with E-state index in [-0.39, 0.29) is 23.9 Å². The van der Waals surface area contributed by atoms with Crippen LogP contribution in [0.2, 0.25) is 0 Å². The lowest BCUT2D eigenvalue weighted by Gasteiger charge is -2.20. The number of nitrogens with one attached hydrogen (secondary N) is 3. The van der Waals surface area contributed by atoms with E-state index >= 15 is 0 Å². The number of hydrogen-bond donors (Lipinski definition) is 4. The Morgan fingerprint density at radius 1 is 0.926 bits per heavy atom. The van der Waals surface area contributed by atoms with Gasteiger partial charge in [0, 0.05) is 28.0 Å². The van der Waals surface area contributed by atoms with Crippen molar-refractivity contribution in [3.05, 3.63) is 59.7 Å². The summed E-state index contributed by atoms with van der Waals surface area (Å²) in [5, 5.41) is 8.55. The number of nitrogens with two attached hydrogens (primary N) is 1. The van der Waals surface area contributed by atoms with Crippen LogP contribution in [0.3, 0.4) is 0 Å². The summed E-state index contributed by atoms with van der Waals surface area (Å²) < 4.78 is 0. The van der Waals surface area contributed by atoms with Gasteiger partial charge in [-0.2, -0.15) is 0 Å². The molecule has 0 bridgehead atoms. The van der Waals surface area contributed by atoms with Crippen molar-refractivity contribution in [1.29, 1.82) is 0 Å². The Bertz CT molecular complexity index is 856. The highest BCUT2D eigenvalue weighted by Gasteiger charge is 2.15. The molecule has 2 rings (SSSR count). The predicted molar refractivity (Wildman–Crippen MR) is 106 cm³/mol. The van der Waals surface area contributed by atoms with Crippen LogP contribution in [-0.4, -0.2) is 29.8 Å². The maximum absolute atomic E-state index is 12.2. The number of rotatable bonds is 6. The lowest BCUT2D eigenvalue weighted by molar-refractivity contribution is -0.114. The SMILES string of the molecule is CC(C)(C)NC(=O)c1cccc(NCC(=O)Nc2cccc(C(N)=O)c2)c1. The summed E-state index contributed by atoms with van der Waals surface area (Å²) >= 11 is 0. The minimum atomic E-state index is -0.561. The number of benzene rings is 2. The van der Waals surface area contributed by atoms with Crippen LogP contribution in [0.25, 0.3) is 0 Å². The maximum atomic E-state index is 12.2. The van der Waals surface area contributed by atoms with Crippen molar-refractivity contribution >= 4 is 29.1 Å². The van der Waals surface area contributed by atoms with Crippen LogP contribution >= 0.6 is 0 Å². The Hall–Kier alpha value is -3.35. The molecule has 0 aromatic heterocycles.